The molecule has 0 radical (unpaired) electrons. The van der Waals surface area contributed by atoms with Crippen LogP contribution in [0.25, 0.3) is 0 Å². The van der Waals surface area contributed by atoms with Crippen LogP contribution in [-0.2, 0) is 0 Å². The van der Waals surface area contributed by atoms with Gasteiger partial charge in [-0.15, -0.1) is 0 Å². The van der Waals surface area contributed by atoms with Gasteiger partial charge in [-0.05, 0) is 13.0 Å². The maximum absolute atomic E-state index is 8.49. The van der Waals surface area contributed by atoms with Crippen LogP contribution in [0.15, 0.2) is 12.3 Å². The first kappa shape index (κ1) is 6.56. The van der Waals surface area contributed by atoms with Crippen LogP contribution < -0.4 is 5.73 Å². The molecule has 2 N–H and O–H groups in total. The molecule has 0 fully saturated rings. The normalized spacial score (nSPS) is 8.80. The van der Waals surface area contributed by atoms with Crippen LogP contribution in [0.2, 0.25) is 0 Å². The fourth-order valence-corrected chi connectivity index (χ4v) is 0.667. The summed E-state index contributed by atoms with van der Waals surface area (Å²) in [5, 5.41) is 8.49. The number of rotatable bonds is 0. The number of nitrogen functional groups attached to an aromatic ring is 1. The van der Waals surface area contributed by atoms with Crippen LogP contribution in [-0.4, -0.2) is 4.98 Å². The standard InChI is InChI=1S/C7H7N3/c1-5-2-6(3-8)7(9)4-10-5/h2,4H,9H2,1H3. The molecule has 0 aromatic carbocycles. The molecule has 1 aromatic heterocycles. The highest BCUT2D eigenvalue weighted by molar-refractivity contribution is 5.52. The summed E-state index contributed by atoms with van der Waals surface area (Å²) in [5.74, 6) is 0. The monoisotopic (exact) mass is 133 g/mol. The number of aromatic nitrogens is 1. The Morgan fingerprint density at radius 1 is 1.70 bits per heavy atom. The summed E-state index contributed by atoms with van der Waals surface area (Å²) in [7, 11) is 0. The molecule has 0 aliphatic rings. The predicted molar refractivity (Wildman–Crippen MR) is 38.1 cm³/mol. The zero-order valence-electron chi connectivity index (χ0n) is 5.63. The summed E-state index contributed by atoms with van der Waals surface area (Å²) in [4.78, 5) is 3.91. The minimum atomic E-state index is 0.438. The lowest BCUT2D eigenvalue weighted by Crippen LogP contribution is -1.92. The fourth-order valence-electron chi connectivity index (χ4n) is 0.667. The van der Waals surface area contributed by atoms with Gasteiger partial charge in [-0.1, -0.05) is 0 Å². The van der Waals surface area contributed by atoms with Crippen molar-refractivity contribution in [1.29, 1.82) is 5.26 Å². The van der Waals surface area contributed by atoms with Crippen molar-refractivity contribution in [2.45, 2.75) is 6.92 Å². The number of pyridine rings is 1. The molecule has 50 valence electrons. The summed E-state index contributed by atoms with van der Waals surface area (Å²) in [6.07, 6.45) is 1.49. The van der Waals surface area contributed by atoms with E-state index in [1.807, 2.05) is 13.0 Å². The topological polar surface area (TPSA) is 62.7 Å². The molecular formula is C7H7N3. The molecule has 0 bridgehead atoms. The van der Waals surface area contributed by atoms with Crippen molar-refractivity contribution >= 4 is 5.69 Å². The minimum absolute atomic E-state index is 0.438. The number of nitrogens with two attached hydrogens (primary N) is 1. The van der Waals surface area contributed by atoms with Gasteiger partial charge in [0.05, 0.1) is 17.4 Å². The Morgan fingerprint density at radius 2 is 2.40 bits per heavy atom. The minimum Gasteiger partial charge on any atom is -0.396 e. The zero-order valence-corrected chi connectivity index (χ0v) is 5.63. The Bertz CT molecular complexity index is 285. The number of hydrogen-bond donors (Lipinski definition) is 1. The average molecular weight is 133 g/mol. The molecule has 10 heavy (non-hydrogen) atoms. The molecule has 1 heterocycles. The van der Waals surface area contributed by atoms with Crippen molar-refractivity contribution in [3.8, 4) is 6.07 Å². The maximum atomic E-state index is 8.49. The number of nitriles is 1. The molecule has 1 rings (SSSR count). The van der Waals surface area contributed by atoms with E-state index < -0.39 is 0 Å². The van der Waals surface area contributed by atoms with Crippen molar-refractivity contribution in [3.05, 3.63) is 23.5 Å². The third kappa shape index (κ3) is 1.06. The largest absolute Gasteiger partial charge is 0.396 e. The van der Waals surface area contributed by atoms with Crippen LogP contribution in [0.4, 0.5) is 5.69 Å². The molecule has 0 amide bonds. The Hall–Kier alpha value is -1.56. The molecule has 0 aliphatic heterocycles. The molecule has 0 aliphatic carbocycles. The third-order valence-corrected chi connectivity index (χ3v) is 1.19. The van der Waals surface area contributed by atoms with Crippen LogP contribution >= 0.6 is 0 Å². The molecule has 0 unspecified atom stereocenters. The average Bonchev–Trinajstić information content (AvgIpc) is 1.94. The van der Waals surface area contributed by atoms with Gasteiger partial charge in [0.1, 0.15) is 6.07 Å². The van der Waals surface area contributed by atoms with Crippen molar-refractivity contribution in [2.75, 3.05) is 5.73 Å². The van der Waals surface area contributed by atoms with E-state index in [4.69, 9.17) is 11.0 Å². The number of anilines is 1. The third-order valence-electron chi connectivity index (χ3n) is 1.19. The highest BCUT2D eigenvalue weighted by atomic mass is 14.7. The van der Waals surface area contributed by atoms with E-state index in [-0.39, 0.29) is 0 Å². The van der Waals surface area contributed by atoms with E-state index in [0.29, 0.717) is 11.3 Å². The van der Waals surface area contributed by atoms with Crippen LogP contribution in [0.5, 0.6) is 0 Å². The van der Waals surface area contributed by atoms with Gasteiger partial charge in [-0.25, -0.2) is 0 Å². The Morgan fingerprint density at radius 3 is 2.90 bits per heavy atom. The fraction of sp³-hybridized carbons (Fsp3) is 0.143. The van der Waals surface area contributed by atoms with Crippen molar-refractivity contribution in [2.24, 2.45) is 0 Å². The molecule has 0 saturated carbocycles. The van der Waals surface area contributed by atoms with Crippen molar-refractivity contribution < 1.29 is 0 Å². The van der Waals surface area contributed by atoms with Gasteiger partial charge in [-0.2, -0.15) is 5.26 Å². The summed E-state index contributed by atoms with van der Waals surface area (Å²) in [5.41, 5.74) is 7.16. The summed E-state index contributed by atoms with van der Waals surface area (Å²) >= 11 is 0. The second-order valence-electron chi connectivity index (χ2n) is 2.02. The van der Waals surface area contributed by atoms with E-state index >= 15 is 0 Å². The Labute approximate surface area is 59.1 Å². The number of aryl methyl sites for hydroxylation is 1. The van der Waals surface area contributed by atoms with Crippen molar-refractivity contribution in [3.63, 3.8) is 0 Å². The van der Waals surface area contributed by atoms with Gasteiger partial charge in [0, 0.05) is 5.69 Å². The van der Waals surface area contributed by atoms with Crippen molar-refractivity contribution in [1.82, 2.24) is 4.98 Å². The van der Waals surface area contributed by atoms with Gasteiger partial charge >= 0.3 is 0 Å². The first-order valence-electron chi connectivity index (χ1n) is 2.86. The maximum Gasteiger partial charge on any atom is 0.101 e. The van der Waals surface area contributed by atoms with E-state index in [1.54, 1.807) is 6.07 Å². The molecule has 0 atom stereocenters. The second kappa shape index (κ2) is 2.36. The number of nitrogens with zero attached hydrogens (tertiary/aromatic N) is 2. The Kier molecular flexibility index (Phi) is 1.55. The van der Waals surface area contributed by atoms with Crippen LogP contribution in [0.1, 0.15) is 11.3 Å². The van der Waals surface area contributed by atoms with Gasteiger partial charge in [0.15, 0.2) is 0 Å². The van der Waals surface area contributed by atoms with Gasteiger partial charge in [-0.3, -0.25) is 4.98 Å². The van der Waals surface area contributed by atoms with Gasteiger partial charge < -0.3 is 5.73 Å². The molecule has 3 heteroatoms. The summed E-state index contributed by atoms with van der Waals surface area (Å²) < 4.78 is 0. The summed E-state index contributed by atoms with van der Waals surface area (Å²) in [6.45, 7) is 1.82. The molecular weight excluding hydrogens is 126 g/mol. The molecule has 0 saturated heterocycles. The SMILES string of the molecule is Cc1cc(C#N)c(N)cn1. The van der Waals surface area contributed by atoms with E-state index in [0.717, 1.165) is 5.69 Å². The lowest BCUT2D eigenvalue weighted by molar-refractivity contribution is 1.19. The summed E-state index contributed by atoms with van der Waals surface area (Å²) in [6, 6.07) is 3.63. The first-order chi connectivity index (χ1) is 4.74. The van der Waals surface area contributed by atoms with Gasteiger partial charge in [0.2, 0.25) is 0 Å². The van der Waals surface area contributed by atoms with E-state index in [2.05, 4.69) is 4.98 Å². The van der Waals surface area contributed by atoms with E-state index in [9.17, 15) is 0 Å². The molecule has 1 aromatic rings. The quantitative estimate of drug-likeness (QED) is 0.570. The molecule has 3 nitrogen and oxygen atoms in total. The van der Waals surface area contributed by atoms with Crippen LogP contribution in [0.3, 0.4) is 0 Å². The second-order valence-corrected chi connectivity index (χ2v) is 2.02. The zero-order chi connectivity index (χ0) is 7.56. The molecule has 0 spiro atoms. The number of hydrogen-bond acceptors (Lipinski definition) is 3. The van der Waals surface area contributed by atoms with Gasteiger partial charge in [0.25, 0.3) is 0 Å². The predicted octanol–water partition coefficient (Wildman–Crippen LogP) is 0.844. The highest BCUT2D eigenvalue weighted by Gasteiger charge is 1.96. The van der Waals surface area contributed by atoms with E-state index in [1.165, 1.54) is 6.20 Å². The smallest absolute Gasteiger partial charge is 0.101 e. The Balaban J connectivity index is 3.25. The lowest BCUT2D eigenvalue weighted by atomic mass is 10.2. The lowest BCUT2D eigenvalue weighted by Gasteiger charge is -1.95. The highest BCUT2D eigenvalue weighted by Crippen LogP contribution is 2.08. The first-order valence-corrected chi connectivity index (χ1v) is 2.86. The van der Waals surface area contributed by atoms with Crippen LogP contribution in [0, 0.1) is 18.3 Å².